The van der Waals surface area contributed by atoms with E-state index in [9.17, 15) is 9.59 Å². The third-order valence-corrected chi connectivity index (χ3v) is 4.40. The van der Waals surface area contributed by atoms with Gasteiger partial charge in [-0.3, -0.25) is 4.79 Å². The Labute approximate surface area is 119 Å². The molecule has 3 rings (SSSR count). The Morgan fingerprint density at radius 1 is 1.05 bits per heavy atom. The zero-order valence-electron chi connectivity index (χ0n) is 11.1. The van der Waals surface area contributed by atoms with Gasteiger partial charge in [0, 0.05) is 20.2 Å². The van der Waals surface area contributed by atoms with E-state index >= 15 is 0 Å². The summed E-state index contributed by atoms with van der Waals surface area (Å²) < 4.78 is 6.53. The van der Waals surface area contributed by atoms with Crippen molar-refractivity contribution in [2.75, 3.05) is 7.11 Å². The maximum absolute atomic E-state index is 12.6. The highest BCUT2D eigenvalue weighted by molar-refractivity contribution is 7.24. The Hall–Kier alpha value is -2.20. The maximum Gasteiger partial charge on any atom is 0.337 e. The van der Waals surface area contributed by atoms with E-state index < -0.39 is 5.97 Å². The molecule has 0 spiro atoms. The molecule has 20 heavy (non-hydrogen) atoms. The second-order valence-corrected chi connectivity index (χ2v) is 5.72. The van der Waals surface area contributed by atoms with Crippen LogP contribution >= 0.6 is 11.3 Å². The highest BCUT2D eigenvalue weighted by atomic mass is 32.1. The van der Waals surface area contributed by atoms with Crippen molar-refractivity contribution in [3.8, 4) is 0 Å². The topological polar surface area (TPSA) is 43.4 Å². The summed E-state index contributed by atoms with van der Waals surface area (Å²) >= 11 is 1.55. The van der Waals surface area contributed by atoms with Crippen LogP contribution in [-0.2, 0) is 4.74 Å². The van der Waals surface area contributed by atoms with Crippen molar-refractivity contribution in [1.29, 1.82) is 0 Å². The molecule has 4 heteroatoms. The molecule has 1 aromatic heterocycles. The summed E-state index contributed by atoms with van der Waals surface area (Å²) in [7, 11) is 1.33. The van der Waals surface area contributed by atoms with Crippen molar-refractivity contribution in [3.63, 3.8) is 0 Å². The summed E-state index contributed by atoms with van der Waals surface area (Å²) in [5, 5.41) is 1.26. The molecule has 100 valence electrons. The molecule has 0 N–H and O–H groups in total. The van der Waals surface area contributed by atoms with Crippen LogP contribution < -0.4 is 5.43 Å². The molecule has 0 unspecified atom stereocenters. The van der Waals surface area contributed by atoms with E-state index in [1.807, 2.05) is 25.1 Å². The van der Waals surface area contributed by atoms with E-state index in [0.29, 0.717) is 16.3 Å². The van der Waals surface area contributed by atoms with Crippen LogP contribution in [-0.4, -0.2) is 13.1 Å². The van der Waals surface area contributed by atoms with Gasteiger partial charge in [0.05, 0.1) is 12.7 Å². The first-order valence-electron chi connectivity index (χ1n) is 6.15. The SMILES string of the molecule is COC(=O)c1ccc2sc3ccc(C)cc3c(=O)c2c1. The molecule has 0 fully saturated rings. The fourth-order valence-electron chi connectivity index (χ4n) is 2.22. The van der Waals surface area contributed by atoms with Crippen molar-refractivity contribution >= 4 is 37.5 Å². The minimum atomic E-state index is -0.430. The first-order valence-corrected chi connectivity index (χ1v) is 6.97. The first kappa shape index (κ1) is 12.8. The fourth-order valence-corrected chi connectivity index (χ4v) is 3.25. The Kier molecular flexibility index (Phi) is 3.03. The van der Waals surface area contributed by atoms with Gasteiger partial charge >= 0.3 is 5.97 Å². The van der Waals surface area contributed by atoms with Crippen LogP contribution in [0.15, 0.2) is 41.2 Å². The third-order valence-electron chi connectivity index (χ3n) is 3.24. The maximum atomic E-state index is 12.6. The Balaban J connectivity index is 2.40. The molecule has 0 amide bonds. The summed E-state index contributed by atoms with van der Waals surface area (Å²) in [4.78, 5) is 24.1. The molecule has 2 aromatic carbocycles. The molecule has 0 atom stereocenters. The normalized spacial score (nSPS) is 10.9. The smallest absolute Gasteiger partial charge is 0.337 e. The van der Waals surface area contributed by atoms with Gasteiger partial charge in [-0.2, -0.15) is 0 Å². The van der Waals surface area contributed by atoms with Gasteiger partial charge in [-0.25, -0.2) is 4.79 Å². The van der Waals surface area contributed by atoms with Crippen molar-refractivity contribution in [1.82, 2.24) is 0 Å². The largest absolute Gasteiger partial charge is 0.465 e. The van der Waals surface area contributed by atoms with E-state index in [4.69, 9.17) is 4.74 Å². The first-order chi connectivity index (χ1) is 9.60. The zero-order chi connectivity index (χ0) is 14.3. The number of hydrogen-bond donors (Lipinski definition) is 0. The predicted octanol–water partition coefficient (Wildman–Crippen LogP) is 3.51. The lowest BCUT2D eigenvalue weighted by atomic mass is 10.1. The fraction of sp³-hybridized carbons (Fsp3) is 0.125. The van der Waals surface area contributed by atoms with Crippen LogP contribution in [0.2, 0.25) is 0 Å². The molecule has 0 aliphatic carbocycles. The van der Waals surface area contributed by atoms with Gasteiger partial charge in [-0.15, -0.1) is 11.3 Å². The van der Waals surface area contributed by atoms with Gasteiger partial charge < -0.3 is 4.74 Å². The summed E-state index contributed by atoms with van der Waals surface area (Å²) in [5.41, 5.74) is 1.41. The number of methoxy groups -OCH3 is 1. The van der Waals surface area contributed by atoms with Crippen molar-refractivity contribution in [2.45, 2.75) is 6.92 Å². The lowest BCUT2D eigenvalue weighted by Crippen LogP contribution is -2.05. The number of aryl methyl sites for hydroxylation is 1. The van der Waals surface area contributed by atoms with Crippen LogP contribution in [0.1, 0.15) is 15.9 Å². The van der Waals surface area contributed by atoms with Crippen molar-refractivity contribution in [3.05, 3.63) is 57.7 Å². The number of carbonyl (C=O) groups is 1. The number of rotatable bonds is 1. The quantitative estimate of drug-likeness (QED) is 0.507. The number of hydrogen-bond acceptors (Lipinski definition) is 4. The summed E-state index contributed by atoms with van der Waals surface area (Å²) in [6.45, 7) is 1.96. The van der Waals surface area contributed by atoms with Gasteiger partial charge in [0.15, 0.2) is 5.43 Å². The monoisotopic (exact) mass is 284 g/mol. The van der Waals surface area contributed by atoms with E-state index in [2.05, 4.69) is 0 Å². The summed E-state index contributed by atoms with van der Waals surface area (Å²) in [5.74, 6) is -0.430. The molecule has 1 heterocycles. The number of esters is 1. The Bertz CT molecular complexity index is 893. The van der Waals surface area contributed by atoms with Gasteiger partial charge in [0.2, 0.25) is 0 Å². The van der Waals surface area contributed by atoms with Crippen LogP contribution in [0.3, 0.4) is 0 Å². The van der Waals surface area contributed by atoms with E-state index in [-0.39, 0.29) is 5.43 Å². The molecule has 0 aliphatic rings. The Morgan fingerprint density at radius 3 is 2.40 bits per heavy atom. The average Bonchev–Trinajstić information content (AvgIpc) is 2.47. The van der Waals surface area contributed by atoms with E-state index in [1.165, 1.54) is 7.11 Å². The summed E-state index contributed by atoms with van der Waals surface area (Å²) in [6, 6.07) is 10.9. The zero-order valence-corrected chi connectivity index (χ0v) is 11.9. The molecule has 0 bridgehead atoms. The minimum Gasteiger partial charge on any atom is -0.465 e. The van der Waals surface area contributed by atoms with Crippen LogP contribution in [0.4, 0.5) is 0 Å². The molecule has 0 aliphatic heterocycles. The van der Waals surface area contributed by atoms with Crippen LogP contribution in [0, 0.1) is 6.92 Å². The second kappa shape index (κ2) is 4.72. The minimum absolute atomic E-state index is 0.0387. The third kappa shape index (κ3) is 1.98. The highest BCUT2D eigenvalue weighted by Crippen LogP contribution is 2.26. The highest BCUT2D eigenvalue weighted by Gasteiger charge is 2.10. The standard InChI is InChI=1S/C16H12O3S/c1-9-3-5-13-11(7-9)15(17)12-8-10(16(18)19-2)4-6-14(12)20-13/h3-8H,1-2H3. The number of fused-ring (bicyclic) bond motifs is 2. The van der Waals surface area contributed by atoms with Gasteiger partial charge in [0.1, 0.15) is 0 Å². The van der Waals surface area contributed by atoms with Crippen molar-refractivity contribution in [2.24, 2.45) is 0 Å². The molecule has 0 saturated carbocycles. The van der Waals surface area contributed by atoms with E-state index in [1.54, 1.807) is 29.5 Å². The molecule has 3 nitrogen and oxygen atoms in total. The van der Waals surface area contributed by atoms with Gasteiger partial charge in [0.25, 0.3) is 0 Å². The molecular weight excluding hydrogens is 272 g/mol. The Morgan fingerprint density at radius 2 is 1.70 bits per heavy atom. The lowest BCUT2D eigenvalue weighted by Gasteiger charge is -2.04. The summed E-state index contributed by atoms with van der Waals surface area (Å²) in [6.07, 6.45) is 0. The predicted molar refractivity (Wildman–Crippen MR) is 81.7 cm³/mol. The molecule has 0 radical (unpaired) electrons. The average molecular weight is 284 g/mol. The number of carbonyl (C=O) groups excluding carboxylic acids is 1. The lowest BCUT2D eigenvalue weighted by molar-refractivity contribution is 0.0601. The van der Waals surface area contributed by atoms with Crippen LogP contribution in [0.5, 0.6) is 0 Å². The van der Waals surface area contributed by atoms with Crippen molar-refractivity contribution < 1.29 is 9.53 Å². The van der Waals surface area contributed by atoms with Gasteiger partial charge in [-0.1, -0.05) is 11.6 Å². The van der Waals surface area contributed by atoms with E-state index in [0.717, 1.165) is 15.0 Å². The van der Waals surface area contributed by atoms with Gasteiger partial charge in [-0.05, 0) is 37.3 Å². The molecule has 3 aromatic rings. The molecular formula is C16H12O3S. The number of benzene rings is 2. The van der Waals surface area contributed by atoms with Crippen LogP contribution in [0.25, 0.3) is 20.2 Å². The number of ether oxygens (including phenoxy) is 1. The molecule has 0 saturated heterocycles. The second-order valence-electron chi connectivity index (χ2n) is 4.63.